The van der Waals surface area contributed by atoms with E-state index in [1.165, 1.54) is 29.2 Å². The Kier molecular flexibility index (Phi) is 3.09. The van der Waals surface area contributed by atoms with E-state index >= 15 is 0 Å². The van der Waals surface area contributed by atoms with Gasteiger partial charge in [0.15, 0.2) is 0 Å². The number of hydrogen-bond acceptors (Lipinski definition) is 3. The highest BCUT2D eigenvalue weighted by Gasteiger charge is 2.55. The van der Waals surface area contributed by atoms with Crippen LogP contribution in [0.5, 0.6) is 0 Å². The largest absolute Gasteiger partial charge is 0.390 e. The zero-order valence-corrected chi connectivity index (χ0v) is 14.6. The molecule has 1 N–H and O–H groups in total. The van der Waals surface area contributed by atoms with E-state index in [-0.39, 0.29) is 11.8 Å². The number of rotatable bonds is 2. The van der Waals surface area contributed by atoms with Crippen molar-refractivity contribution < 1.29 is 9.90 Å². The summed E-state index contributed by atoms with van der Waals surface area (Å²) < 4.78 is 0. The van der Waals surface area contributed by atoms with Crippen molar-refractivity contribution in [2.75, 3.05) is 13.1 Å². The predicted molar refractivity (Wildman–Crippen MR) is 96.1 cm³/mol. The van der Waals surface area contributed by atoms with Gasteiger partial charge in [0.25, 0.3) is 0 Å². The van der Waals surface area contributed by atoms with Crippen molar-refractivity contribution in [2.24, 2.45) is 11.3 Å². The van der Waals surface area contributed by atoms with Crippen LogP contribution in [0.1, 0.15) is 44.1 Å². The van der Waals surface area contributed by atoms with Crippen LogP contribution in [0.2, 0.25) is 0 Å². The van der Waals surface area contributed by atoms with E-state index < -0.39 is 5.60 Å². The number of likely N-dealkylation sites (tertiary alicyclic amines) is 1. The average molecular weight is 336 g/mol. The SMILES string of the molecule is CC1(O)CC(C(=O)N2CC3(CC(c4ccc5ccncc5c4)C3)C2)C1. The van der Waals surface area contributed by atoms with Gasteiger partial charge in [0, 0.05) is 42.2 Å². The molecule has 1 aromatic carbocycles. The molecular weight excluding hydrogens is 312 g/mol. The maximum Gasteiger partial charge on any atom is 0.225 e. The van der Waals surface area contributed by atoms with Gasteiger partial charge in [-0.25, -0.2) is 0 Å². The summed E-state index contributed by atoms with van der Waals surface area (Å²) in [5.74, 6) is 0.930. The molecule has 25 heavy (non-hydrogen) atoms. The normalized spacial score (nSPS) is 30.6. The molecule has 1 saturated heterocycles. The van der Waals surface area contributed by atoms with Gasteiger partial charge in [-0.2, -0.15) is 0 Å². The Bertz CT molecular complexity index is 838. The van der Waals surface area contributed by atoms with Crippen LogP contribution in [-0.2, 0) is 4.79 Å². The molecule has 0 unspecified atom stereocenters. The monoisotopic (exact) mass is 336 g/mol. The van der Waals surface area contributed by atoms with Gasteiger partial charge in [0.1, 0.15) is 0 Å². The summed E-state index contributed by atoms with van der Waals surface area (Å²) in [6, 6.07) is 8.76. The molecule has 1 aromatic heterocycles. The van der Waals surface area contributed by atoms with E-state index in [9.17, 15) is 9.90 Å². The Morgan fingerprint density at radius 2 is 1.92 bits per heavy atom. The molecule has 0 bridgehead atoms. The minimum Gasteiger partial charge on any atom is -0.390 e. The lowest BCUT2D eigenvalue weighted by Gasteiger charge is -2.60. The number of carbonyl (C=O) groups excluding carboxylic acids is 1. The topological polar surface area (TPSA) is 53.4 Å². The van der Waals surface area contributed by atoms with Crippen molar-refractivity contribution in [1.82, 2.24) is 9.88 Å². The molecule has 2 aromatic rings. The van der Waals surface area contributed by atoms with Crippen LogP contribution < -0.4 is 0 Å². The second kappa shape index (κ2) is 5.04. The van der Waals surface area contributed by atoms with E-state index in [2.05, 4.69) is 29.2 Å². The predicted octanol–water partition coefficient (Wildman–Crippen LogP) is 3.10. The molecule has 2 aliphatic carbocycles. The molecule has 0 radical (unpaired) electrons. The number of pyridine rings is 1. The second-order valence-electron chi connectivity index (χ2n) is 8.88. The third kappa shape index (κ3) is 2.46. The maximum absolute atomic E-state index is 12.4. The molecule has 3 aliphatic rings. The van der Waals surface area contributed by atoms with Crippen molar-refractivity contribution in [3.8, 4) is 0 Å². The number of aliphatic hydroxyl groups is 1. The van der Waals surface area contributed by atoms with E-state index in [0.717, 1.165) is 13.1 Å². The molecular formula is C21H24N2O2. The first-order valence-electron chi connectivity index (χ1n) is 9.28. The first-order chi connectivity index (χ1) is 11.9. The van der Waals surface area contributed by atoms with Crippen LogP contribution in [0.3, 0.4) is 0 Å². The van der Waals surface area contributed by atoms with Crippen LogP contribution in [-0.4, -0.2) is 39.6 Å². The number of carbonyl (C=O) groups is 1. The molecule has 4 heteroatoms. The first-order valence-corrected chi connectivity index (χ1v) is 9.28. The molecule has 4 nitrogen and oxygen atoms in total. The van der Waals surface area contributed by atoms with Gasteiger partial charge < -0.3 is 10.0 Å². The van der Waals surface area contributed by atoms with E-state index in [4.69, 9.17) is 0 Å². The summed E-state index contributed by atoms with van der Waals surface area (Å²) in [5, 5.41) is 12.3. The zero-order valence-electron chi connectivity index (χ0n) is 14.6. The van der Waals surface area contributed by atoms with Crippen molar-refractivity contribution in [3.05, 3.63) is 42.2 Å². The Morgan fingerprint density at radius 3 is 2.64 bits per heavy atom. The minimum absolute atomic E-state index is 0.0520. The van der Waals surface area contributed by atoms with E-state index in [1.54, 1.807) is 0 Å². The van der Waals surface area contributed by atoms with Crippen LogP contribution >= 0.6 is 0 Å². The Hall–Kier alpha value is -1.94. The third-order valence-electron chi connectivity index (χ3n) is 6.58. The lowest BCUT2D eigenvalue weighted by Crippen LogP contribution is -2.65. The number of nitrogens with zero attached hydrogens (tertiary/aromatic N) is 2. The van der Waals surface area contributed by atoms with Gasteiger partial charge in [0.2, 0.25) is 5.91 Å². The van der Waals surface area contributed by atoms with Gasteiger partial charge >= 0.3 is 0 Å². The molecule has 0 atom stereocenters. The van der Waals surface area contributed by atoms with Gasteiger partial charge in [-0.15, -0.1) is 0 Å². The first kappa shape index (κ1) is 15.3. The molecule has 2 heterocycles. The molecule has 130 valence electrons. The highest BCUT2D eigenvalue weighted by molar-refractivity contribution is 5.82. The summed E-state index contributed by atoms with van der Waals surface area (Å²) >= 11 is 0. The lowest BCUT2D eigenvalue weighted by molar-refractivity contribution is -0.168. The van der Waals surface area contributed by atoms with Crippen LogP contribution in [0.15, 0.2) is 36.7 Å². The van der Waals surface area contributed by atoms with Crippen LogP contribution in [0.4, 0.5) is 0 Å². The molecule has 2 saturated carbocycles. The Morgan fingerprint density at radius 1 is 1.16 bits per heavy atom. The molecule has 1 spiro atoms. The maximum atomic E-state index is 12.4. The van der Waals surface area contributed by atoms with Crippen LogP contribution in [0.25, 0.3) is 10.8 Å². The van der Waals surface area contributed by atoms with Crippen molar-refractivity contribution in [1.29, 1.82) is 0 Å². The van der Waals surface area contributed by atoms with Crippen molar-refractivity contribution in [2.45, 2.75) is 44.1 Å². The number of hydrogen-bond donors (Lipinski definition) is 1. The van der Waals surface area contributed by atoms with E-state index in [0.29, 0.717) is 24.2 Å². The van der Waals surface area contributed by atoms with Gasteiger partial charge in [0.05, 0.1) is 5.60 Å². The van der Waals surface area contributed by atoms with Crippen molar-refractivity contribution in [3.63, 3.8) is 0 Å². The smallest absolute Gasteiger partial charge is 0.225 e. The summed E-state index contributed by atoms with van der Waals surface area (Å²) in [4.78, 5) is 18.7. The molecule has 1 aliphatic heterocycles. The molecule has 5 rings (SSSR count). The van der Waals surface area contributed by atoms with Crippen LogP contribution in [0, 0.1) is 11.3 Å². The lowest BCUT2D eigenvalue weighted by atomic mass is 9.55. The standard InChI is InChI=1S/C21H24N2O2/c1-20(25)7-18(8-20)19(24)23-12-21(13-23)9-17(10-21)15-3-2-14-4-5-22-11-16(14)6-15/h2-6,11,17-18,25H,7-10,12-13H2,1H3. The highest BCUT2D eigenvalue weighted by atomic mass is 16.3. The van der Waals surface area contributed by atoms with Gasteiger partial charge in [-0.05, 0) is 61.6 Å². The number of amides is 1. The summed E-state index contributed by atoms with van der Waals surface area (Å²) in [6.07, 6.45) is 7.40. The Balaban J connectivity index is 1.19. The van der Waals surface area contributed by atoms with Gasteiger partial charge in [-0.3, -0.25) is 9.78 Å². The summed E-state index contributed by atoms with van der Waals surface area (Å²) in [5.41, 5.74) is 1.15. The quantitative estimate of drug-likeness (QED) is 0.917. The fraction of sp³-hybridized carbons (Fsp3) is 0.524. The molecule has 3 fully saturated rings. The van der Waals surface area contributed by atoms with E-state index in [1.807, 2.05) is 24.2 Å². The average Bonchev–Trinajstić information content (AvgIpc) is 2.49. The fourth-order valence-electron chi connectivity index (χ4n) is 5.19. The zero-order chi connectivity index (χ0) is 17.2. The number of aromatic nitrogens is 1. The minimum atomic E-state index is -0.616. The summed E-state index contributed by atoms with van der Waals surface area (Å²) in [6.45, 7) is 3.65. The van der Waals surface area contributed by atoms with Crippen molar-refractivity contribution >= 4 is 16.7 Å². The Labute approximate surface area is 147 Å². The van der Waals surface area contributed by atoms with Gasteiger partial charge in [-0.1, -0.05) is 12.1 Å². The summed E-state index contributed by atoms with van der Waals surface area (Å²) in [7, 11) is 0. The number of benzene rings is 1. The highest BCUT2D eigenvalue weighted by Crippen LogP contribution is 2.57. The second-order valence-corrected chi connectivity index (χ2v) is 8.88. The third-order valence-corrected chi connectivity index (χ3v) is 6.58. The number of fused-ring (bicyclic) bond motifs is 1. The molecule has 1 amide bonds. The fourth-order valence-corrected chi connectivity index (χ4v) is 5.19.